The average Bonchev–Trinajstić information content (AvgIpc) is 3.06. The van der Waals surface area contributed by atoms with E-state index in [9.17, 15) is 4.79 Å². The lowest BCUT2D eigenvalue weighted by molar-refractivity contribution is 0.0528. The fourth-order valence-electron chi connectivity index (χ4n) is 2.48. The van der Waals surface area contributed by atoms with Crippen LogP contribution in [-0.4, -0.2) is 22.7 Å². The molecule has 0 radical (unpaired) electrons. The SMILES string of the molecule is CCOC(=O)c1cc(Cc2ccccc2)sc1NC(=S)Nc1ccc(Br)cn1. The molecule has 0 unspecified atom stereocenters. The molecule has 0 saturated heterocycles. The Bertz CT molecular complexity index is 959. The van der Waals surface area contributed by atoms with Crippen LogP contribution in [0.4, 0.5) is 10.8 Å². The Hall–Kier alpha value is -2.29. The van der Waals surface area contributed by atoms with E-state index in [0.717, 1.165) is 15.8 Å². The minimum absolute atomic E-state index is 0.313. The number of carbonyl (C=O) groups is 1. The Kier molecular flexibility index (Phi) is 7.13. The van der Waals surface area contributed by atoms with Gasteiger partial charge in [-0.3, -0.25) is 0 Å². The van der Waals surface area contributed by atoms with Gasteiger partial charge in [0.15, 0.2) is 5.11 Å². The van der Waals surface area contributed by atoms with Crippen LogP contribution in [0.2, 0.25) is 0 Å². The Balaban J connectivity index is 1.78. The van der Waals surface area contributed by atoms with Gasteiger partial charge < -0.3 is 15.4 Å². The third-order valence-electron chi connectivity index (χ3n) is 3.70. The quantitative estimate of drug-likeness (QED) is 0.363. The minimum atomic E-state index is -0.370. The third-order valence-corrected chi connectivity index (χ3v) is 5.42. The summed E-state index contributed by atoms with van der Waals surface area (Å²) in [5, 5.41) is 7.13. The van der Waals surface area contributed by atoms with Gasteiger partial charge in [-0.15, -0.1) is 11.3 Å². The molecule has 5 nitrogen and oxygen atoms in total. The number of nitrogens with zero attached hydrogens (tertiary/aromatic N) is 1. The van der Waals surface area contributed by atoms with E-state index >= 15 is 0 Å². The standard InChI is InChI=1S/C20H18BrN3O2S2/c1-2-26-19(25)16-11-15(10-13-6-4-3-5-7-13)28-18(16)24-20(27)23-17-9-8-14(21)12-22-17/h3-9,11-12H,2,10H2,1H3,(H2,22,23,24,27). The van der Waals surface area contributed by atoms with Crippen molar-refractivity contribution in [3.05, 3.63) is 75.2 Å². The highest BCUT2D eigenvalue weighted by molar-refractivity contribution is 9.10. The summed E-state index contributed by atoms with van der Waals surface area (Å²) < 4.78 is 6.07. The minimum Gasteiger partial charge on any atom is -0.462 e. The largest absolute Gasteiger partial charge is 0.462 e. The van der Waals surface area contributed by atoms with E-state index in [-0.39, 0.29) is 5.97 Å². The molecule has 2 aromatic heterocycles. The Labute approximate surface area is 181 Å². The van der Waals surface area contributed by atoms with E-state index in [0.29, 0.717) is 28.1 Å². The summed E-state index contributed by atoms with van der Waals surface area (Å²) in [5.41, 5.74) is 1.65. The highest BCUT2D eigenvalue weighted by Gasteiger charge is 2.18. The maximum Gasteiger partial charge on any atom is 0.341 e. The smallest absolute Gasteiger partial charge is 0.341 e. The molecule has 0 aliphatic carbocycles. The van der Waals surface area contributed by atoms with Gasteiger partial charge in [-0.25, -0.2) is 9.78 Å². The molecular weight excluding hydrogens is 458 g/mol. The molecule has 0 aliphatic rings. The number of hydrogen-bond acceptors (Lipinski definition) is 5. The zero-order chi connectivity index (χ0) is 19.9. The summed E-state index contributed by atoms with van der Waals surface area (Å²) in [4.78, 5) is 17.6. The molecule has 28 heavy (non-hydrogen) atoms. The topological polar surface area (TPSA) is 63.2 Å². The maximum atomic E-state index is 12.4. The van der Waals surface area contributed by atoms with Crippen molar-refractivity contribution in [2.45, 2.75) is 13.3 Å². The highest BCUT2D eigenvalue weighted by atomic mass is 79.9. The van der Waals surface area contributed by atoms with Crippen LogP contribution in [0.5, 0.6) is 0 Å². The number of halogens is 1. The number of pyridine rings is 1. The number of anilines is 2. The number of ether oxygens (including phenoxy) is 1. The third kappa shape index (κ3) is 5.60. The molecule has 2 heterocycles. The number of nitrogens with one attached hydrogen (secondary N) is 2. The van der Waals surface area contributed by atoms with Gasteiger partial charge in [0.25, 0.3) is 0 Å². The number of thiocarbonyl (C=S) groups is 1. The Morgan fingerprint density at radius 1 is 1.21 bits per heavy atom. The first-order valence-corrected chi connectivity index (χ1v) is 10.6. The summed E-state index contributed by atoms with van der Waals surface area (Å²) in [6, 6.07) is 15.6. The van der Waals surface area contributed by atoms with Crippen LogP contribution in [0.1, 0.15) is 27.7 Å². The summed E-state index contributed by atoms with van der Waals surface area (Å²) in [7, 11) is 0. The van der Waals surface area contributed by atoms with Gasteiger partial charge in [0.1, 0.15) is 10.8 Å². The molecule has 0 fully saturated rings. The van der Waals surface area contributed by atoms with E-state index in [1.54, 1.807) is 19.2 Å². The molecule has 0 saturated carbocycles. The second kappa shape index (κ2) is 9.77. The van der Waals surface area contributed by atoms with Crippen molar-refractivity contribution >= 4 is 61.4 Å². The van der Waals surface area contributed by atoms with E-state index < -0.39 is 0 Å². The summed E-state index contributed by atoms with van der Waals surface area (Å²) >= 11 is 10.2. The van der Waals surface area contributed by atoms with Crippen LogP contribution >= 0.6 is 39.5 Å². The second-order valence-corrected chi connectivity index (χ2v) is 8.24. The first-order chi connectivity index (χ1) is 13.5. The molecule has 0 aliphatic heterocycles. The van der Waals surface area contributed by atoms with Gasteiger partial charge >= 0.3 is 5.97 Å². The number of carbonyl (C=O) groups excluding carboxylic acids is 1. The maximum absolute atomic E-state index is 12.4. The molecule has 1 aromatic carbocycles. The number of aromatic nitrogens is 1. The molecular formula is C20H18BrN3O2S2. The van der Waals surface area contributed by atoms with Crippen LogP contribution in [0, 0.1) is 0 Å². The predicted molar refractivity (Wildman–Crippen MR) is 121 cm³/mol. The summed E-state index contributed by atoms with van der Waals surface area (Å²) in [6.07, 6.45) is 2.41. The van der Waals surface area contributed by atoms with E-state index in [1.165, 1.54) is 16.9 Å². The van der Waals surface area contributed by atoms with Crippen LogP contribution in [0.15, 0.2) is 59.2 Å². The van der Waals surface area contributed by atoms with Crippen LogP contribution in [0.3, 0.4) is 0 Å². The summed E-state index contributed by atoms with van der Waals surface area (Å²) in [5.74, 6) is 0.240. The molecule has 0 bridgehead atoms. The molecule has 0 spiro atoms. The monoisotopic (exact) mass is 475 g/mol. The first kappa shape index (κ1) is 20.4. The lowest BCUT2D eigenvalue weighted by Crippen LogP contribution is -2.20. The molecule has 2 N–H and O–H groups in total. The molecule has 3 rings (SSSR count). The second-order valence-electron chi connectivity index (χ2n) is 5.78. The van der Waals surface area contributed by atoms with Gasteiger partial charge in [-0.05, 0) is 58.8 Å². The summed E-state index contributed by atoms with van der Waals surface area (Å²) in [6.45, 7) is 2.10. The first-order valence-electron chi connectivity index (χ1n) is 8.58. The van der Waals surface area contributed by atoms with Crippen molar-refractivity contribution in [1.29, 1.82) is 0 Å². The number of hydrogen-bond donors (Lipinski definition) is 2. The fraction of sp³-hybridized carbons (Fsp3) is 0.150. The van der Waals surface area contributed by atoms with Crippen LogP contribution in [-0.2, 0) is 11.2 Å². The number of esters is 1. The number of benzene rings is 1. The van der Waals surface area contributed by atoms with Crippen molar-refractivity contribution in [1.82, 2.24) is 4.98 Å². The van der Waals surface area contributed by atoms with E-state index in [1.807, 2.05) is 30.3 Å². The molecule has 0 amide bonds. The Morgan fingerprint density at radius 3 is 2.68 bits per heavy atom. The fourth-order valence-corrected chi connectivity index (χ4v) is 4.07. The lowest BCUT2D eigenvalue weighted by atomic mass is 10.1. The van der Waals surface area contributed by atoms with Crippen LogP contribution < -0.4 is 10.6 Å². The normalized spacial score (nSPS) is 10.4. The molecule has 8 heteroatoms. The molecule has 0 atom stereocenters. The number of rotatable bonds is 6. The predicted octanol–water partition coefficient (Wildman–Crippen LogP) is 5.48. The average molecular weight is 476 g/mol. The van der Waals surface area contributed by atoms with Crippen molar-refractivity contribution < 1.29 is 9.53 Å². The molecule has 144 valence electrons. The van der Waals surface area contributed by atoms with E-state index in [2.05, 4.69) is 43.7 Å². The Morgan fingerprint density at radius 2 is 2.00 bits per heavy atom. The van der Waals surface area contributed by atoms with Crippen molar-refractivity contribution in [3.63, 3.8) is 0 Å². The van der Waals surface area contributed by atoms with Gasteiger partial charge in [0.2, 0.25) is 0 Å². The van der Waals surface area contributed by atoms with Crippen molar-refractivity contribution in [2.24, 2.45) is 0 Å². The number of thiophene rings is 1. The van der Waals surface area contributed by atoms with Gasteiger partial charge in [-0.1, -0.05) is 30.3 Å². The van der Waals surface area contributed by atoms with Crippen molar-refractivity contribution in [3.8, 4) is 0 Å². The van der Waals surface area contributed by atoms with Gasteiger partial charge in [0, 0.05) is 22.0 Å². The lowest BCUT2D eigenvalue weighted by Gasteiger charge is -2.10. The van der Waals surface area contributed by atoms with Gasteiger partial charge in [-0.2, -0.15) is 0 Å². The zero-order valence-corrected chi connectivity index (χ0v) is 18.3. The molecule has 3 aromatic rings. The van der Waals surface area contributed by atoms with Crippen LogP contribution in [0.25, 0.3) is 0 Å². The van der Waals surface area contributed by atoms with Gasteiger partial charge in [0.05, 0.1) is 12.2 Å². The zero-order valence-electron chi connectivity index (χ0n) is 15.1. The van der Waals surface area contributed by atoms with Crippen molar-refractivity contribution in [2.75, 3.05) is 17.2 Å². The highest BCUT2D eigenvalue weighted by Crippen LogP contribution is 2.31. The van der Waals surface area contributed by atoms with E-state index in [4.69, 9.17) is 17.0 Å².